The Hall–Kier alpha value is 0.350. The summed E-state index contributed by atoms with van der Waals surface area (Å²) in [4.78, 5) is 0. The van der Waals surface area contributed by atoms with E-state index in [-0.39, 0.29) is 0 Å². The molecule has 2 aliphatic rings. The Kier molecular flexibility index (Phi) is 2.22. The number of hydrogen-bond acceptors (Lipinski definition) is 1. The molecule has 0 amide bonds. The van der Waals surface area contributed by atoms with E-state index in [0.29, 0.717) is 0 Å². The van der Waals surface area contributed by atoms with Crippen LogP contribution in [0.25, 0.3) is 0 Å². The second kappa shape index (κ2) is 3.17. The van der Waals surface area contributed by atoms with Crippen molar-refractivity contribution in [2.75, 3.05) is 5.75 Å². The summed E-state index contributed by atoms with van der Waals surface area (Å²) in [6, 6.07) is 0. The third-order valence-electron chi connectivity index (χ3n) is 2.91. The van der Waals surface area contributed by atoms with Gasteiger partial charge < -0.3 is 0 Å². The van der Waals surface area contributed by atoms with Crippen LogP contribution in [0.4, 0.5) is 0 Å². The average Bonchev–Trinajstić information content (AvgIpc) is 1.86. The van der Waals surface area contributed by atoms with E-state index in [1.165, 1.54) is 44.3 Å². The van der Waals surface area contributed by atoms with Crippen LogP contribution in [0, 0.1) is 5.92 Å². The lowest BCUT2D eigenvalue weighted by Gasteiger charge is -2.35. The van der Waals surface area contributed by atoms with Gasteiger partial charge in [0.25, 0.3) is 0 Å². The fourth-order valence-corrected chi connectivity index (χ4v) is 3.18. The maximum absolute atomic E-state index is 2.21. The first-order valence-corrected chi connectivity index (χ1v) is 5.63. The van der Waals surface area contributed by atoms with Crippen molar-refractivity contribution in [1.29, 1.82) is 0 Å². The molecule has 1 aliphatic heterocycles. The van der Waals surface area contributed by atoms with Crippen molar-refractivity contribution < 1.29 is 0 Å². The topological polar surface area (TPSA) is 0 Å². The maximum Gasteiger partial charge on any atom is 0.00831 e. The molecule has 1 unspecified atom stereocenters. The molecule has 58 valence electrons. The van der Waals surface area contributed by atoms with Gasteiger partial charge in [0.1, 0.15) is 0 Å². The average molecular weight is 156 g/mol. The molecule has 1 heterocycles. The van der Waals surface area contributed by atoms with Crippen LogP contribution in [-0.2, 0) is 0 Å². The van der Waals surface area contributed by atoms with Crippen LogP contribution in [0.15, 0.2) is 0 Å². The molecule has 10 heavy (non-hydrogen) atoms. The van der Waals surface area contributed by atoms with Crippen molar-refractivity contribution in [2.24, 2.45) is 5.92 Å². The molecule has 0 bridgehead atoms. The Morgan fingerprint density at radius 2 is 1.60 bits per heavy atom. The molecule has 1 aliphatic carbocycles. The highest BCUT2D eigenvalue weighted by atomic mass is 32.2. The van der Waals surface area contributed by atoms with E-state index in [9.17, 15) is 0 Å². The molecule has 1 atom stereocenters. The van der Waals surface area contributed by atoms with Gasteiger partial charge in [-0.1, -0.05) is 19.3 Å². The SMILES string of the molecule is C1CCC(C2CCS2)CC1. The Balaban J connectivity index is 1.78. The van der Waals surface area contributed by atoms with E-state index in [2.05, 4.69) is 11.8 Å². The third kappa shape index (κ3) is 1.34. The van der Waals surface area contributed by atoms with Crippen LogP contribution in [0.2, 0.25) is 0 Å². The first kappa shape index (κ1) is 7.02. The Labute approximate surface area is 67.8 Å². The highest BCUT2D eigenvalue weighted by molar-refractivity contribution is 8.01. The van der Waals surface area contributed by atoms with Gasteiger partial charge in [-0.15, -0.1) is 0 Å². The summed E-state index contributed by atoms with van der Waals surface area (Å²) in [6.45, 7) is 0. The molecule has 0 aromatic heterocycles. The zero-order valence-corrected chi connectivity index (χ0v) is 7.33. The Morgan fingerprint density at radius 1 is 0.900 bits per heavy atom. The summed E-state index contributed by atoms with van der Waals surface area (Å²) in [5, 5.41) is 1.08. The quantitative estimate of drug-likeness (QED) is 0.562. The van der Waals surface area contributed by atoms with Gasteiger partial charge in [0.15, 0.2) is 0 Å². The monoisotopic (exact) mass is 156 g/mol. The maximum atomic E-state index is 2.21. The van der Waals surface area contributed by atoms with E-state index in [4.69, 9.17) is 0 Å². The summed E-state index contributed by atoms with van der Waals surface area (Å²) in [5.41, 5.74) is 0. The molecule has 0 spiro atoms. The van der Waals surface area contributed by atoms with Crippen LogP contribution in [0.1, 0.15) is 38.5 Å². The summed E-state index contributed by atoms with van der Waals surface area (Å²) in [7, 11) is 0. The van der Waals surface area contributed by atoms with Gasteiger partial charge in [-0.05, 0) is 30.9 Å². The van der Waals surface area contributed by atoms with Gasteiger partial charge in [0, 0.05) is 5.25 Å². The van der Waals surface area contributed by atoms with E-state index >= 15 is 0 Å². The molecule has 1 saturated heterocycles. The number of thioether (sulfide) groups is 1. The van der Waals surface area contributed by atoms with Crippen LogP contribution < -0.4 is 0 Å². The molecule has 1 saturated carbocycles. The second-order valence-electron chi connectivity index (χ2n) is 3.60. The minimum absolute atomic E-state index is 1.08. The minimum atomic E-state index is 1.08. The molecular weight excluding hydrogens is 140 g/mol. The molecule has 0 nitrogen and oxygen atoms in total. The first-order valence-electron chi connectivity index (χ1n) is 4.58. The Bertz CT molecular complexity index is 101. The molecule has 0 aromatic carbocycles. The number of rotatable bonds is 1. The molecule has 0 aromatic rings. The van der Waals surface area contributed by atoms with Gasteiger partial charge in [-0.3, -0.25) is 0 Å². The van der Waals surface area contributed by atoms with E-state index in [1.807, 2.05) is 0 Å². The normalized spacial score (nSPS) is 35.4. The summed E-state index contributed by atoms with van der Waals surface area (Å²) >= 11 is 2.21. The van der Waals surface area contributed by atoms with Gasteiger partial charge in [0.2, 0.25) is 0 Å². The van der Waals surface area contributed by atoms with Crippen LogP contribution in [-0.4, -0.2) is 11.0 Å². The van der Waals surface area contributed by atoms with Crippen molar-refractivity contribution >= 4 is 11.8 Å². The third-order valence-corrected chi connectivity index (χ3v) is 4.43. The minimum Gasteiger partial charge on any atom is -0.158 e. The molecule has 2 rings (SSSR count). The highest BCUT2D eigenvalue weighted by Gasteiger charge is 2.28. The van der Waals surface area contributed by atoms with Gasteiger partial charge in [-0.2, -0.15) is 11.8 Å². The molecule has 0 N–H and O–H groups in total. The predicted molar refractivity (Wildman–Crippen MR) is 47.4 cm³/mol. The lowest BCUT2D eigenvalue weighted by atomic mass is 9.85. The molecule has 1 heteroatoms. The van der Waals surface area contributed by atoms with Gasteiger partial charge in [0.05, 0.1) is 0 Å². The van der Waals surface area contributed by atoms with Crippen LogP contribution >= 0.6 is 11.8 Å². The lowest BCUT2D eigenvalue weighted by Crippen LogP contribution is -2.27. The zero-order valence-electron chi connectivity index (χ0n) is 6.51. The Morgan fingerprint density at radius 3 is 2.10 bits per heavy atom. The first-order chi connectivity index (χ1) is 4.97. The zero-order chi connectivity index (χ0) is 6.81. The summed E-state index contributed by atoms with van der Waals surface area (Å²) < 4.78 is 0. The van der Waals surface area contributed by atoms with E-state index < -0.39 is 0 Å². The lowest BCUT2D eigenvalue weighted by molar-refractivity contribution is 0.338. The smallest absolute Gasteiger partial charge is 0.00831 e. The largest absolute Gasteiger partial charge is 0.158 e. The van der Waals surface area contributed by atoms with Gasteiger partial charge in [-0.25, -0.2) is 0 Å². The van der Waals surface area contributed by atoms with Crippen molar-refractivity contribution in [3.8, 4) is 0 Å². The van der Waals surface area contributed by atoms with E-state index in [1.54, 1.807) is 0 Å². The second-order valence-corrected chi connectivity index (χ2v) is 4.94. The number of hydrogen-bond donors (Lipinski definition) is 0. The van der Waals surface area contributed by atoms with Crippen molar-refractivity contribution in [3.05, 3.63) is 0 Å². The van der Waals surface area contributed by atoms with Crippen LogP contribution in [0.3, 0.4) is 0 Å². The van der Waals surface area contributed by atoms with Gasteiger partial charge >= 0.3 is 0 Å². The molecular formula is C9H16S. The molecule has 0 radical (unpaired) electrons. The fourth-order valence-electron chi connectivity index (χ4n) is 2.13. The fraction of sp³-hybridized carbons (Fsp3) is 1.00. The van der Waals surface area contributed by atoms with Crippen LogP contribution in [0.5, 0.6) is 0 Å². The van der Waals surface area contributed by atoms with Crippen molar-refractivity contribution in [2.45, 2.75) is 43.8 Å². The predicted octanol–water partition coefficient (Wildman–Crippen LogP) is 3.07. The van der Waals surface area contributed by atoms with Crippen molar-refractivity contribution in [3.63, 3.8) is 0 Å². The summed E-state index contributed by atoms with van der Waals surface area (Å²) in [6.07, 6.45) is 9.14. The van der Waals surface area contributed by atoms with Crippen molar-refractivity contribution in [1.82, 2.24) is 0 Å². The highest BCUT2D eigenvalue weighted by Crippen LogP contribution is 2.40. The van der Waals surface area contributed by atoms with E-state index in [0.717, 1.165) is 11.2 Å². The molecule has 2 fully saturated rings. The summed E-state index contributed by atoms with van der Waals surface area (Å²) in [5.74, 6) is 2.56. The standard InChI is InChI=1S/C9H16S/c1-2-4-8(5-3-1)9-6-7-10-9/h8-9H,1-7H2.